The maximum absolute atomic E-state index is 13.4. The summed E-state index contributed by atoms with van der Waals surface area (Å²) in [5, 5.41) is 12.1. The number of nitrogens with one attached hydrogen (secondary N) is 1. The van der Waals surface area contributed by atoms with E-state index in [1.165, 1.54) is 6.33 Å². The number of H-pyrrole nitrogens is 1. The number of nitrogens with two attached hydrogens (primary N) is 1. The zero-order valence-corrected chi connectivity index (χ0v) is 23.1. The standard InChI is InChI=1S/C29H29N9O2S/c30-27-25(18-6-7-18)26(20-12-21-9-10-22(13-20)38(21)41(39,40)29-32-16-33-36-29)35-28-23(15-34-37(27)28)19-8-11-24(31-14-19)17-4-2-1-3-5-17/h1-5,8,11,14-16,18,20-22H,6-7,9-10,12-13,30H2,(H,32,33,36)/t20?,21-,22?/m1/s1. The third kappa shape index (κ3) is 3.96. The van der Waals surface area contributed by atoms with E-state index in [1.54, 1.807) is 8.82 Å². The van der Waals surface area contributed by atoms with Crippen LogP contribution in [0.3, 0.4) is 0 Å². The van der Waals surface area contributed by atoms with Crippen LogP contribution in [0.1, 0.15) is 61.6 Å². The Balaban J connectivity index is 1.17. The molecule has 208 valence electrons. The van der Waals surface area contributed by atoms with Gasteiger partial charge >= 0.3 is 0 Å². The van der Waals surface area contributed by atoms with Gasteiger partial charge in [0, 0.05) is 46.5 Å². The van der Waals surface area contributed by atoms with Crippen molar-refractivity contribution in [3.05, 3.63) is 72.4 Å². The number of rotatable bonds is 6. The molecule has 3 N–H and O–H groups in total. The molecule has 6 heterocycles. The molecule has 2 unspecified atom stereocenters. The lowest BCUT2D eigenvalue weighted by Gasteiger charge is -2.37. The van der Waals surface area contributed by atoms with Crippen LogP contribution >= 0.6 is 0 Å². The van der Waals surface area contributed by atoms with E-state index in [9.17, 15) is 8.42 Å². The molecular weight excluding hydrogens is 538 g/mol. The average molecular weight is 568 g/mol. The topological polar surface area (TPSA) is 148 Å². The molecule has 1 saturated carbocycles. The molecule has 11 nitrogen and oxygen atoms in total. The van der Waals surface area contributed by atoms with Gasteiger partial charge in [-0.15, -0.1) is 10.2 Å². The number of hydrogen-bond acceptors (Lipinski definition) is 8. The lowest BCUT2D eigenvalue weighted by Crippen LogP contribution is -2.46. The lowest BCUT2D eigenvalue weighted by atomic mass is 9.86. The monoisotopic (exact) mass is 567 g/mol. The van der Waals surface area contributed by atoms with Crippen molar-refractivity contribution in [2.75, 3.05) is 5.73 Å². The molecule has 5 aromatic rings. The Morgan fingerprint density at radius 3 is 2.34 bits per heavy atom. The maximum atomic E-state index is 13.4. The quantitative estimate of drug-likeness (QED) is 0.311. The van der Waals surface area contributed by atoms with Crippen molar-refractivity contribution in [3.8, 4) is 22.4 Å². The number of nitrogens with zero attached hydrogens (tertiary/aromatic N) is 7. The van der Waals surface area contributed by atoms with Gasteiger partial charge < -0.3 is 10.7 Å². The molecule has 3 aliphatic rings. The van der Waals surface area contributed by atoms with Crippen LogP contribution in [0, 0.1) is 0 Å². The Bertz CT molecular complexity index is 1840. The fourth-order valence-corrected chi connectivity index (χ4v) is 8.57. The molecule has 12 heteroatoms. The van der Waals surface area contributed by atoms with E-state index in [0.717, 1.165) is 59.3 Å². The second-order valence-corrected chi connectivity index (χ2v) is 13.1. The molecule has 1 aromatic carbocycles. The maximum Gasteiger partial charge on any atom is 0.279 e. The van der Waals surface area contributed by atoms with Crippen molar-refractivity contribution >= 4 is 21.5 Å². The molecule has 0 radical (unpaired) electrons. The van der Waals surface area contributed by atoms with Crippen molar-refractivity contribution in [2.24, 2.45) is 0 Å². The Morgan fingerprint density at radius 2 is 1.68 bits per heavy atom. The molecule has 0 spiro atoms. The summed E-state index contributed by atoms with van der Waals surface area (Å²) in [6.45, 7) is 0. The van der Waals surface area contributed by atoms with Crippen LogP contribution in [0.4, 0.5) is 5.82 Å². The normalized spacial score (nSPS) is 22.9. The number of sulfonamides is 1. The number of benzene rings is 1. The smallest absolute Gasteiger partial charge is 0.279 e. The van der Waals surface area contributed by atoms with E-state index in [-0.39, 0.29) is 23.2 Å². The first-order chi connectivity index (χ1) is 20.0. The van der Waals surface area contributed by atoms with Gasteiger partial charge in [-0.1, -0.05) is 36.4 Å². The Hall–Kier alpha value is -4.16. The summed E-state index contributed by atoms with van der Waals surface area (Å²) in [5.74, 6) is 1.12. The number of aromatic nitrogens is 7. The van der Waals surface area contributed by atoms with Gasteiger partial charge in [0.05, 0.1) is 17.6 Å². The third-order valence-corrected chi connectivity index (χ3v) is 10.7. The number of fused-ring (bicyclic) bond motifs is 3. The predicted molar refractivity (Wildman–Crippen MR) is 152 cm³/mol. The van der Waals surface area contributed by atoms with Crippen LogP contribution in [0.25, 0.3) is 28.0 Å². The summed E-state index contributed by atoms with van der Waals surface area (Å²) in [6.07, 6.45) is 10.2. The summed E-state index contributed by atoms with van der Waals surface area (Å²) < 4.78 is 30.2. The van der Waals surface area contributed by atoms with E-state index in [0.29, 0.717) is 30.2 Å². The zero-order chi connectivity index (χ0) is 27.7. The van der Waals surface area contributed by atoms with Gasteiger partial charge in [-0.2, -0.15) is 13.9 Å². The van der Waals surface area contributed by atoms with Crippen molar-refractivity contribution in [2.45, 2.75) is 67.6 Å². The number of nitrogen functional groups attached to an aromatic ring is 1. The molecule has 1 aliphatic carbocycles. The van der Waals surface area contributed by atoms with Gasteiger partial charge in [0.2, 0.25) is 0 Å². The van der Waals surface area contributed by atoms with E-state index in [4.69, 9.17) is 15.7 Å². The van der Waals surface area contributed by atoms with Crippen molar-refractivity contribution in [1.82, 2.24) is 39.1 Å². The number of anilines is 1. The molecule has 0 amide bonds. The average Bonchev–Trinajstić information content (AvgIpc) is 3.37. The highest BCUT2D eigenvalue weighted by atomic mass is 32.2. The molecular formula is C29H29N9O2S. The van der Waals surface area contributed by atoms with Crippen LogP contribution in [-0.2, 0) is 10.0 Å². The zero-order valence-electron chi connectivity index (χ0n) is 22.3. The van der Waals surface area contributed by atoms with Crippen molar-refractivity contribution in [3.63, 3.8) is 0 Å². The molecule has 2 bridgehead atoms. The highest BCUT2D eigenvalue weighted by molar-refractivity contribution is 7.89. The van der Waals surface area contributed by atoms with Crippen LogP contribution in [-0.4, -0.2) is 59.6 Å². The van der Waals surface area contributed by atoms with E-state index >= 15 is 0 Å². The van der Waals surface area contributed by atoms with Crippen LogP contribution in [0.5, 0.6) is 0 Å². The van der Waals surface area contributed by atoms with E-state index in [1.807, 2.05) is 54.9 Å². The second-order valence-electron chi connectivity index (χ2n) is 11.3. The van der Waals surface area contributed by atoms with E-state index < -0.39 is 10.0 Å². The number of hydrogen-bond donors (Lipinski definition) is 2. The predicted octanol–water partition coefficient (Wildman–Crippen LogP) is 4.14. The highest BCUT2D eigenvalue weighted by Crippen LogP contribution is 2.51. The minimum absolute atomic E-state index is 0.0916. The molecule has 3 fully saturated rings. The molecule has 2 aliphatic heterocycles. The van der Waals surface area contributed by atoms with Crippen LogP contribution < -0.4 is 5.73 Å². The minimum atomic E-state index is -3.74. The Labute approximate surface area is 236 Å². The summed E-state index contributed by atoms with van der Waals surface area (Å²) in [4.78, 5) is 12.7. The first-order valence-corrected chi connectivity index (χ1v) is 15.5. The van der Waals surface area contributed by atoms with E-state index in [2.05, 4.69) is 20.3 Å². The first-order valence-electron chi connectivity index (χ1n) is 14.1. The molecule has 4 aromatic heterocycles. The summed E-state index contributed by atoms with van der Waals surface area (Å²) in [7, 11) is -3.74. The number of piperidine rings is 1. The molecule has 8 rings (SSSR count). The third-order valence-electron chi connectivity index (χ3n) is 8.85. The molecule has 3 atom stereocenters. The van der Waals surface area contributed by atoms with Gasteiger partial charge in [-0.05, 0) is 50.5 Å². The van der Waals surface area contributed by atoms with Gasteiger partial charge in [0.15, 0.2) is 5.65 Å². The Kier molecular flexibility index (Phi) is 5.51. The van der Waals surface area contributed by atoms with Gasteiger partial charge in [0.1, 0.15) is 12.1 Å². The summed E-state index contributed by atoms with van der Waals surface area (Å²) >= 11 is 0. The number of aromatic amines is 1. The van der Waals surface area contributed by atoms with Crippen molar-refractivity contribution < 1.29 is 8.42 Å². The summed E-state index contributed by atoms with van der Waals surface area (Å²) in [5.41, 5.74) is 13.4. The first kappa shape index (κ1) is 24.6. The lowest BCUT2D eigenvalue weighted by molar-refractivity contribution is 0.222. The van der Waals surface area contributed by atoms with Crippen LogP contribution in [0.15, 0.2) is 66.3 Å². The fourth-order valence-electron chi connectivity index (χ4n) is 6.85. The van der Waals surface area contributed by atoms with Crippen LogP contribution in [0.2, 0.25) is 0 Å². The Morgan fingerprint density at radius 1 is 0.902 bits per heavy atom. The largest absolute Gasteiger partial charge is 0.383 e. The number of pyridine rings is 1. The molecule has 2 saturated heterocycles. The molecule has 41 heavy (non-hydrogen) atoms. The highest BCUT2D eigenvalue weighted by Gasteiger charge is 2.49. The SMILES string of the molecule is Nc1c(C2CC2)c(C2CC3CC[C@H](C2)N3S(=O)(=O)c2nnc[nH]2)nc2c(-c3ccc(-c4ccccc4)nc3)cnn12. The minimum Gasteiger partial charge on any atom is -0.383 e. The van der Waals surface area contributed by atoms with Gasteiger partial charge in [-0.25, -0.2) is 13.4 Å². The van der Waals surface area contributed by atoms with Gasteiger partial charge in [0.25, 0.3) is 15.2 Å². The van der Waals surface area contributed by atoms with Crippen molar-refractivity contribution in [1.29, 1.82) is 0 Å². The summed E-state index contributed by atoms with van der Waals surface area (Å²) in [6, 6.07) is 13.9. The fraction of sp³-hybridized carbons (Fsp3) is 0.345. The second kappa shape index (κ2) is 9.18. The van der Waals surface area contributed by atoms with Gasteiger partial charge in [-0.3, -0.25) is 4.98 Å².